The van der Waals surface area contributed by atoms with E-state index < -0.39 is 0 Å². The maximum Gasteiger partial charge on any atom is 0.283 e. The van der Waals surface area contributed by atoms with Crippen molar-refractivity contribution in [2.75, 3.05) is 6.61 Å². The summed E-state index contributed by atoms with van der Waals surface area (Å²) < 4.78 is 2.99. The van der Waals surface area contributed by atoms with Crippen LogP contribution in [0.1, 0.15) is 12.1 Å². The Balaban J connectivity index is 1.97. The van der Waals surface area contributed by atoms with E-state index in [1.165, 1.54) is 10.9 Å². The monoisotopic (exact) mass is 336 g/mol. The molecule has 0 saturated carbocycles. The van der Waals surface area contributed by atoms with Crippen LogP contribution in [0, 0.1) is 6.92 Å². The maximum absolute atomic E-state index is 12.5. The van der Waals surface area contributed by atoms with Crippen molar-refractivity contribution < 1.29 is 5.11 Å². The predicted octanol–water partition coefficient (Wildman–Crippen LogP) is 1.19. The van der Waals surface area contributed by atoms with E-state index in [9.17, 15) is 4.79 Å². The fraction of sp³-hybridized carbons (Fsp3) is 0.235. The molecule has 0 saturated heterocycles. The van der Waals surface area contributed by atoms with Gasteiger partial charge in [-0.1, -0.05) is 30.3 Å². The van der Waals surface area contributed by atoms with Gasteiger partial charge in [0.05, 0.1) is 11.3 Å². The zero-order valence-electron chi connectivity index (χ0n) is 13.6. The first kappa shape index (κ1) is 15.4. The van der Waals surface area contributed by atoms with Gasteiger partial charge in [0.15, 0.2) is 16.8 Å². The van der Waals surface area contributed by atoms with Crippen molar-refractivity contribution in [2.24, 2.45) is 0 Å². The first-order valence-electron chi connectivity index (χ1n) is 7.98. The molecule has 1 N–H and O–H groups in total. The predicted molar refractivity (Wildman–Crippen MR) is 92.2 cm³/mol. The minimum atomic E-state index is -0.290. The molecule has 1 aromatic carbocycles. The third kappa shape index (κ3) is 2.47. The molecule has 25 heavy (non-hydrogen) atoms. The lowest BCUT2D eigenvalue weighted by molar-refractivity contribution is 0.279. The average molecular weight is 336 g/mol. The molecule has 0 spiro atoms. The van der Waals surface area contributed by atoms with Crippen LogP contribution in [0.4, 0.5) is 0 Å². The molecule has 0 radical (unpaired) electrons. The normalized spacial score (nSPS) is 11.4. The van der Waals surface area contributed by atoms with Crippen molar-refractivity contribution >= 4 is 16.8 Å². The third-order valence-electron chi connectivity index (χ3n) is 4.10. The van der Waals surface area contributed by atoms with Crippen LogP contribution < -0.4 is 5.56 Å². The number of fused-ring (bicyclic) bond motifs is 3. The van der Waals surface area contributed by atoms with Gasteiger partial charge in [-0.05, 0) is 18.9 Å². The van der Waals surface area contributed by atoms with Crippen molar-refractivity contribution in [2.45, 2.75) is 19.9 Å². The number of benzene rings is 1. The molecule has 0 bridgehead atoms. The molecule has 0 unspecified atom stereocenters. The number of rotatable bonds is 4. The smallest absolute Gasteiger partial charge is 0.283 e. The highest BCUT2D eigenvalue weighted by Crippen LogP contribution is 2.27. The van der Waals surface area contributed by atoms with Crippen LogP contribution in [0.15, 0.2) is 41.5 Å². The van der Waals surface area contributed by atoms with Crippen molar-refractivity contribution in [1.29, 1.82) is 0 Å². The highest BCUT2D eigenvalue weighted by molar-refractivity contribution is 5.83. The number of aromatic nitrogens is 6. The highest BCUT2D eigenvalue weighted by atomic mass is 16.3. The van der Waals surface area contributed by atoms with E-state index in [0.29, 0.717) is 24.3 Å². The minimum Gasteiger partial charge on any atom is -0.396 e. The lowest BCUT2D eigenvalue weighted by Gasteiger charge is -2.05. The molecule has 4 aromatic rings. The third-order valence-corrected chi connectivity index (χ3v) is 4.10. The number of aryl methyl sites for hydroxylation is 2. The van der Waals surface area contributed by atoms with Crippen LogP contribution in [0.3, 0.4) is 0 Å². The van der Waals surface area contributed by atoms with Gasteiger partial charge in [-0.2, -0.15) is 9.61 Å². The first-order valence-corrected chi connectivity index (χ1v) is 7.98. The molecule has 4 rings (SSSR count). The number of hydrogen-bond acceptors (Lipinski definition) is 6. The van der Waals surface area contributed by atoms with Crippen molar-refractivity contribution in [3.05, 3.63) is 52.7 Å². The van der Waals surface area contributed by atoms with Crippen LogP contribution in [0.25, 0.3) is 27.9 Å². The Kier molecular flexibility index (Phi) is 3.73. The Hall–Kier alpha value is -3.13. The van der Waals surface area contributed by atoms with Gasteiger partial charge < -0.3 is 5.11 Å². The molecular formula is C17H16N6O2. The van der Waals surface area contributed by atoms with E-state index in [-0.39, 0.29) is 17.7 Å². The van der Waals surface area contributed by atoms with Gasteiger partial charge in [-0.3, -0.25) is 9.36 Å². The Morgan fingerprint density at radius 2 is 1.92 bits per heavy atom. The SMILES string of the molecule is Cc1nn2c(nnc3c(=O)n(CCCO)cnc32)c1-c1ccccc1. The molecule has 126 valence electrons. The van der Waals surface area contributed by atoms with Gasteiger partial charge >= 0.3 is 0 Å². The molecular weight excluding hydrogens is 320 g/mol. The molecule has 0 aliphatic rings. The van der Waals surface area contributed by atoms with Gasteiger partial charge in [0.25, 0.3) is 5.56 Å². The summed E-state index contributed by atoms with van der Waals surface area (Å²) in [4.78, 5) is 16.9. The van der Waals surface area contributed by atoms with Crippen molar-refractivity contribution in [3.8, 4) is 11.1 Å². The highest BCUT2D eigenvalue weighted by Gasteiger charge is 2.17. The molecule has 0 aliphatic carbocycles. The quantitative estimate of drug-likeness (QED) is 0.601. The van der Waals surface area contributed by atoms with Crippen molar-refractivity contribution in [1.82, 2.24) is 29.4 Å². The van der Waals surface area contributed by atoms with Gasteiger partial charge in [-0.15, -0.1) is 10.2 Å². The van der Waals surface area contributed by atoms with E-state index in [2.05, 4.69) is 20.3 Å². The average Bonchev–Trinajstić information content (AvgIpc) is 2.98. The Morgan fingerprint density at radius 1 is 1.12 bits per heavy atom. The van der Waals surface area contributed by atoms with Crippen molar-refractivity contribution in [3.63, 3.8) is 0 Å². The number of aliphatic hydroxyl groups is 1. The second-order valence-electron chi connectivity index (χ2n) is 5.75. The molecule has 0 atom stereocenters. The largest absolute Gasteiger partial charge is 0.396 e. The van der Waals surface area contributed by atoms with Gasteiger partial charge in [0.1, 0.15) is 6.33 Å². The lowest BCUT2D eigenvalue weighted by Crippen LogP contribution is -2.23. The fourth-order valence-electron chi connectivity index (χ4n) is 2.91. The summed E-state index contributed by atoms with van der Waals surface area (Å²) in [5.74, 6) is 0. The Morgan fingerprint density at radius 3 is 2.68 bits per heavy atom. The van der Waals surface area contributed by atoms with Gasteiger partial charge in [0, 0.05) is 13.2 Å². The van der Waals surface area contributed by atoms with E-state index >= 15 is 0 Å². The van der Waals surface area contributed by atoms with E-state index in [1.54, 1.807) is 4.52 Å². The molecule has 0 aliphatic heterocycles. The lowest BCUT2D eigenvalue weighted by atomic mass is 10.1. The van der Waals surface area contributed by atoms with Crippen LogP contribution in [-0.2, 0) is 6.54 Å². The molecule has 0 amide bonds. The zero-order valence-corrected chi connectivity index (χ0v) is 13.6. The van der Waals surface area contributed by atoms with E-state index in [1.807, 2.05) is 37.3 Å². The maximum atomic E-state index is 12.5. The number of nitrogens with zero attached hydrogens (tertiary/aromatic N) is 6. The molecule has 8 nitrogen and oxygen atoms in total. The summed E-state index contributed by atoms with van der Waals surface area (Å²) in [6, 6.07) is 9.81. The fourth-order valence-corrected chi connectivity index (χ4v) is 2.91. The number of aliphatic hydroxyl groups excluding tert-OH is 1. The standard InChI is InChI=1S/C17H16N6O2/c1-11-13(12-6-3-2-4-7-12)15-20-19-14-16(23(15)21-11)18-10-22(17(14)25)8-5-9-24/h2-4,6-7,10,24H,5,8-9H2,1H3. The van der Waals surface area contributed by atoms with E-state index in [0.717, 1.165) is 16.8 Å². The molecule has 3 heterocycles. The summed E-state index contributed by atoms with van der Waals surface area (Å²) in [6.45, 7) is 2.28. The van der Waals surface area contributed by atoms with Crippen LogP contribution in [0.2, 0.25) is 0 Å². The zero-order chi connectivity index (χ0) is 17.4. The number of hydrogen-bond donors (Lipinski definition) is 1. The van der Waals surface area contributed by atoms with E-state index in [4.69, 9.17) is 5.11 Å². The summed E-state index contributed by atoms with van der Waals surface area (Å²) >= 11 is 0. The van der Waals surface area contributed by atoms with Gasteiger partial charge in [-0.25, -0.2) is 4.98 Å². The molecule has 8 heteroatoms. The second-order valence-corrected chi connectivity index (χ2v) is 5.75. The Labute approximate surface area is 142 Å². The topological polar surface area (TPSA) is 98.2 Å². The minimum absolute atomic E-state index is 0.00791. The molecule has 3 aromatic heterocycles. The Bertz CT molecular complexity index is 1120. The summed E-state index contributed by atoms with van der Waals surface area (Å²) in [5, 5.41) is 21.8. The summed E-state index contributed by atoms with van der Waals surface area (Å²) in [6.07, 6.45) is 1.93. The first-order chi connectivity index (χ1) is 12.2. The van der Waals surface area contributed by atoms with Crippen LogP contribution >= 0.6 is 0 Å². The van der Waals surface area contributed by atoms with Crippen LogP contribution in [0.5, 0.6) is 0 Å². The van der Waals surface area contributed by atoms with Crippen LogP contribution in [-0.4, -0.2) is 41.1 Å². The molecule has 0 fully saturated rings. The summed E-state index contributed by atoms with van der Waals surface area (Å²) in [5.41, 5.74) is 3.47. The summed E-state index contributed by atoms with van der Waals surface area (Å²) in [7, 11) is 0. The van der Waals surface area contributed by atoms with Gasteiger partial charge in [0.2, 0.25) is 0 Å². The second kappa shape index (κ2) is 6.06.